The molecule has 0 aliphatic heterocycles. The van der Waals surface area contributed by atoms with Crippen molar-refractivity contribution in [1.82, 2.24) is 14.9 Å². The summed E-state index contributed by atoms with van der Waals surface area (Å²) < 4.78 is 43.0. The van der Waals surface area contributed by atoms with Crippen molar-refractivity contribution in [1.29, 1.82) is 0 Å². The van der Waals surface area contributed by atoms with E-state index in [9.17, 15) is 27.2 Å². The maximum absolute atomic E-state index is 12.9. The van der Waals surface area contributed by atoms with Gasteiger partial charge in [0, 0.05) is 13.1 Å². The maximum Gasteiger partial charge on any atom is 0.321 e. The minimum absolute atomic E-state index is 0.0180. The molecule has 1 aromatic rings. The minimum atomic E-state index is -4.02. The number of halogens is 1. The third-order valence-electron chi connectivity index (χ3n) is 4.43. The number of carbonyl (C=O) groups is 3. The number of imide groups is 1. The van der Waals surface area contributed by atoms with Gasteiger partial charge in [0.1, 0.15) is 12.4 Å². The highest BCUT2D eigenvalue weighted by Crippen LogP contribution is 2.17. The molecule has 0 aromatic heterocycles. The fraction of sp³-hybridized carbons (Fsp3) is 0.500. The smallest absolute Gasteiger partial charge is 0.321 e. The van der Waals surface area contributed by atoms with Gasteiger partial charge in [-0.25, -0.2) is 17.6 Å². The molecule has 2 N–H and O–H groups in total. The van der Waals surface area contributed by atoms with Gasteiger partial charge in [0.2, 0.25) is 10.0 Å². The molecule has 0 heterocycles. The number of hydrogen-bond donors (Lipinski definition) is 2. The molecule has 1 aliphatic rings. The molecule has 29 heavy (non-hydrogen) atoms. The van der Waals surface area contributed by atoms with Crippen LogP contribution in [0.5, 0.6) is 0 Å². The Bertz CT molecular complexity index is 838. The first kappa shape index (κ1) is 22.8. The van der Waals surface area contributed by atoms with Crippen molar-refractivity contribution in [3.05, 3.63) is 30.1 Å². The van der Waals surface area contributed by atoms with E-state index in [0.717, 1.165) is 67.7 Å². The van der Waals surface area contributed by atoms with Crippen LogP contribution in [0, 0.1) is 5.82 Å². The molecule has 1 fully saturated rings. The van der Waals surface area contributed by atoms with Crippen LogP contribution in [0.15, 0.2) is 29.2 Å². The first-order valence-electron chi connectivity index (χ1n) is 9.16. The molecule has 0 unspecified atom stereocenters. The Morgan fingerprint density at radius 1 is 1.14 bits per heavy atom. The predicted octanol–water partition coefficient (Wildman–Crippen LogP) is 1.15. The van der Waals surface area contributed by atoms with E-state index in [2.05, 4.69) is 10.6 Å². The average Bonchev–Trinajstić information content (AvgIpc) is 2.67. The van der Waals surface area contributed by atoms with Gasteiger partial charge in [0.05, 0.1) is 4.90 Å². The Morgan fingerprint density at radius 2 is 1.76 bits per heavy atom. The second-order valence-electron chi connectivity index (χ2n) is 6.73. The number of ether oxygens (including phenoxy) is 1. The molecule has 11 heteroatoms. The van der Waals surface area contributed by atoms with Gasteiger partial charge in [-0.05, 0) is 37.1 Å². The molecule has 1 aliphatic carbocycles. The van der Waals surface area contributed by atoms with Crippen LogP contribution in [0.25, 0.3) is 0 Å². The third kappa shape index (κ3) is 7.09. The van der Waals surface area contributed by atoms with Crippen LogP contribution in [-0.4, -0.2) is 56.9 Å². The molecule has 1 saturated carbocycles. The summed E-state index contributed by atoms with van der Waals surface area (Å²) in [4.78, 5) is 35.1. The average molecular weight is 429 g/mol. The van der Waals surface area contributed by atoms with Crippen LogP contribution in [0.1, 0.15) is 32.1 Å². The highest BCUT2D eigenvalue weighted by Gasteiger charge is 2.24. The Balaban J connectivity index is 1.75. The summed E-state index contributed by atoms with van der Waals surface area (Å²) in [6.45, 7) is -1.37. The number of nitrogens with zero attached hydrogens (tertiary/aromatic N) is 1. The van der Waals surface area contributed by atoms with Gasteiger partial charge in [-0.15, -0.1) is 0 Å². The first-order chi connectivity index (χ1) is 13.7. The Kier molecular flexibility index (Phi) is 8.09. The van der Waals surface area contributed by atoms with E-state index in [1.807, 2.05) is 0 Å². The van der Waals surface area contributed by atoms with Crippen molar-refractivity contribution in [2.24, 2.45) is 0 Å². The number of hydrogen-bond acceptors (Lipinski definition) is 6. The molecule has 2 rings (SSSR count). The quantitative estimate of drug-likeness (QED) is 0.627. The monoisotopic (exact) mass is 429 g/mol. The molecule has 0 bridgehead atoms. The molecule has 0 atom stereocenters. The van der Waals surface area contributed by atoms with E-state index < -0.39 is 46.9 Å². The number of amides is 3. The van der Waals surface area contributed by atoms with Crippen LogP contribution >= 0.6 is 0 Å². The molecule has 0 saturated heterocycles. The lowest BCUT2D eigenvalue weighted by molar-refractivity contribution is -0.148. The van der Waals surface area contributed by atoms with Gasteiger partial charge in [-0.2, -0.15) is 4.31 Å². The standard InChI is InChI=1S/C18H24FN3O6S/c1-22(29(26,27)15-9-7-13(19)8-10-15)11-17(24)28-12-16(23)21-18(25)20-14-5-3-2-4-6-14/h7-10,14H,2-6,11-12H2,1H3,(H2,20,21,23,25). The number of likely N-dealkylation sites (N-methyl/N-ethyl adjacent to an activating group) is 1. The first-order valence-corrected chi connectivity index (χ1v) is 10.6. The number of benzene rings is 1. The van der Waals surface area contributed by atoms with Gasteiger partial charge in [-0.3, -0.25) is 14.9 Å². The molecular weight excluding hydrogens is 405 g/mol. The van der Waals surface area contributed by atoms with Crippen molar-refractivity contribution in [3.8, 4) is 0 Å². The molecule has 0 radical (unpaired) electrons. The number of sulfonamides is 1. The number of esters is 1. The second-order valence-corrected chi connectivity index (χ2v) is 8.78. The number of rotatable bonds is 7. The van der Waals surface area contributed by atoms with E-state index >= 15 is 0 Å². The highest BCUT2D eigenvalue weighted by atomic mass is 32.2. The van der Waals surface area contributed by atoms with Crippen LogP contribution in [-0.2, 0) is 24.3 Å². The van der Waals surface area contributed by atoms with Gasteiger partial charge in [0.15, 0.2) is 6.61 Å². The van der Waals surface area contributed by atoms with Crippen LogP contribution in [0.2, 0.25) is 0 Å². The van der Waals surface area contributed by atoms with Gasteiger partial charge in [0.25, 0.3) is 5.91 Å². The number of carbonyl (C=O) groups excluding carboxylic acids is 3. The van der Waals surface area contributed by atoms with E-state index in [-0.39, 0.29) is 10.9 Å². The van der Waals surface area contributed by atoms with Crippen molar-refractivity contribution in [3.63, 3.8) is 0 Å². The van der Waals surface area contributed by atoms with Crippen LogP contribution < -0.4 is 10.6 Å². The van der Waals surface area contributed by atoms with Crippen LogP contribution in [0.3, 0.4) is 0 Å². The lowest BCUT2D eigenvalue weighted by Gasteiger charge is -2.22. The fourth-order valence-corrected chi connectivity index (χ4v) is 3.99. The van der Waals surface area contributed by atoms with Crippen molar-refractivity contribution in [2.45, 2.75) is 43.0 Å². The zero-order valence-corrected chi connectivity index (χ0v) is 16.8. The zero-order valence-electron chi connectivity index (χ0n) is 16.0. The predicted molar refractivity (Wildman–Crippen MR) is 101 cm³/mol. The summed E-state index contributed by atoms with van der Waals surface area (Å²) in [5.41, 5.74) is 0. The Morgan fingerprint density at radius 3 is 2.38 bits per heavy atom. The van der Waals surface area contributed by atoms with Crippen molar-refractivity contribution >= 4 is 27.9 Å². The Hall–Kier alpha value is -2.53. The summed E-state index contributed by atoms with van der Waals surface area (Å²) in [5.74, 6) is -2.39. The molecule has 1 aromatic carbocycles. The zero-order chi connectivity index (χ0) is 21.4. The number of urea groups is 1. The number of nitrogens with one attached hydrogen (secondary N) is 2. The van der Waals surface area contributed by atoms with Gasteiger partial charge < -0.3 is 10.1 Å². The molecule has 160 valence electrons. The van der Waals surface area contributed by atoms with E-state index in [4.69, 9.17) is 4.74 Å². The topological polar surface area (TPSA) is 122 Å². The van der Waals surface area contributed by atoms with Gasteiger partial charge >= 0.3 is 12.0 Å². The maximum atomic E-state index is 12.9. The summed E-state index contributed by atoms with van der Waals surface area (Å²) in [6, 6.07) is 3.48. The Labute approximate surface area is 168 Å². The molecule has 3 amide bonds. The minimum Gasteiger partial charge on any atom is -0.455 e. The SMILES string of the molecule is CN(CC(=O)OCC(=O)NC(=O)NC1CCCCC1)S(=O)(=O)c1ccc(F)cc1. The molecule has 9 nitrogen and oxygen atoms in total. The summed E-state index contributed by atoms with van der Waals surface area (Å²) in [6.07, 6.45) is 4.87. The normalized spacial score (nSPS) is 15.0. The van der Waals surface area contributed by atoms with E-state index in [0.29, 0.717) is 0 Å². The highest BCUT2D eigenvalue weighted by molar-refractivity contribution is 7.89. The van der Waals surface area contributed by atoms with E-state index in [1.54, 1.807) is 0 Å². The lowest BCUT2D eigenvalue weighted by atomic mass is 9.96. The second kappa shape index (κ2) is 10.3. The summed E-state index contributed by atoms with van der Waals surface area (Å²) in [5, 5.41) is 4.75. The van der Waals surface area contributed by atoms with Crippen molar-refractivity contribution in [2.75, 3.05) is 20.2 Å². The summed E-state index contributed by atoms with van der Waals surface area (Å²) >= 11 is 0. The van der Waals surface area contributed by atoms with Crippen molar-refractivity contribution < 1.29 is 31.9 Å². The third-order valence-corrected chi connectivity index (χ3v) is 6.25. The largest absolute Gasteiger partial charge is 0.455 e. The van der Waals surface area contributed by atoms with E-state index in [1.165, 1.54) is 0 Å². The fourth-order valence-electron chi connectivity index (χ4n) is 2.88. The van der Waals surface area contributed by atoms with Gasteiger partial charge in [-0.1, -0.05) is 19.3 Å². The lowest BCUT2D eigenvalue weighted by Crippen LogP contribution is -2.46. The molecular formula is C18H24FN3O6S. The summed E-state index contributed by atoms with van der Waals surface area (Å²) in [7, 11) is -2.87. The van der Waals surface area contributed by atoms with Crippen LogP contribution in [0.4, 0.5) is 9.18 Å². The molecule has 0 spiro atoms.